The van der Waals surface area contributed by atoms with Crippen molar-refractivity contribution >= 4 is 64.9 Å². The van der Waals surface area contributed by atoms with Gasteiger partial charge in [-0.3, -0.25) is 4.72 Å². The number of hydrogen-bond donors (Lipinski definition) is 2. The number of rotatable bonds is 15. The number of anilines is 2. The number of benzene rings is 3. The summed E-state index contributed by atoms with van der Waals surface area (Å²) in [4.78, 5) is 1.09. The predicted molar refractivity (Wildman–Crippen MR) is 170 cm³/mol. The molecule has 0 amide bonds. The maximum atomic E-state index is 12.9. The van der Waals surface area contributed by atoms with E-state index in [4.69, 9.17) is 18.4 Å². The van der Waals surface area contributed by atoms with E-state index in [1.165, 1.54) is 54.9 Å². The van der Waals surface area contributed by atoms with E-state index in [0.717, 1.165) is 12.3 Å². The van der Waals surface area contributed by atoms with Gasteiger partial charge in [0.25, 0.3) is 11.3 Å². The van der Waals surface area contributed by atoms with Gasteiger partial charge in [-0.2, -0.15) is 13.6 Å². The van der Waals surface area contributed by atoms with Gasteiger partial charge in [0.05, 0.1) is 60.3 Å². The van der Waals surface area contributed by atoms with Crippen LogP contribution in [0.4, 0.5) is 22.7 Å². The maximum Gasteiger partial charge on any atom is 1.00 e. The predicted octanol–water partition coefficient (Wildman–Crippen LogP) is -0.371. The Morgan fingerprint density at radius 2 is 1.70 bits per heavy atom. The Morgan fingerprint density at radius 3 is 2.30 bits per heavy atom. The molecular weight excluding hydrogens is 690 g/mol. The molecule has 0 bridgehead atoms. The van der Waals surface area contributed by atoms with Crippen LogP contribution in [0.25, 0.3) is 10.8 Å². The maximum absolute atomic E-state index is 12.9. The number of methoxy groups -OCH3 is 2. The Bertz CT molecular complexity index is 1810. The van der Waals surface area contributed by atoms with Crippen molar-refractivity contribution in [1.82, 2.24) is 4.31 Å². The van der Waals surface area contributed by atoms with Crippen LogP contribution in [0.1, 0.15) is 0 Å². The minimum Gasteiger partial charge on any atom is -0.744 e. The molecule has 1 atom stereocenters. The van der Waals surface area contributed by atoms with E-state index >= 15 is 0 Å². The van der Waals surface area contributed by atoms with Crippen molar-refractivity contribution in [2.24, 2.45) is 10.2 Å². The fraction of sp³-hybridized carbons (Fsp3) is 0.407. The van der Waals surface area contributed by atoms with Crippen molar-refractivity contribution < 1.29 is 78.7 Å². The van der Waals surface area contributed by atoms with Crippen LogP contribution in [-0.4, -0.2) is 108 Å². The second-order valence-electron chi connectivity index (χ2n) is 9.97. The average molecular weight is 724 g/mol. The van der Waals surface area contributed by atoms with Crippen molar-refractivity contribution in [2.75, 3.05) is 82.7 Å². The number of ether oxygens (including phenoxy) is 3. The number of phenols is 1. The Kier molecular flexibility index (Phi) is 14.4. The van der Waals surface area contributed by atoms with E-state index < -0.39 is 42.1 Å². The molecule has 4 rings (SSSR count). The van der Waals surface area contributed by atoms with E-state index in [-0.39, 0.29) is 95.1 Å². The summed E-state index contributed by atoms with van der Waals surface area (Å²) in [6.07, 6.45) is 0.949. The standard InChI is InChI=1S/C27H35N5O11S3.Na/c1-40-13-9-31(10-14-41-2)23-8-7-19(17-25(23)46(37,38)39)28-29-22-18-24(43-44(34)32-11-15-42-16-12-32)27(33)20-5-4-6-21(26(20)22)30-45(3,35)36;/h4-8,17-18,30,33H,9-16H2,1-3H3,(H,37,38,39);/q;+1/p-1. The first-order valence-electron chi connectivity index (χ1n) is 13.8. The van der Waals surface area contributed by atoms with Gasteiger partial charge in [0.2, 0.25) is 10.0 Å². The van der Waals surface area contributed by atoms with E-state index in [9.17, 15) is 30.7 Å². The summed E-state index contributed by atoms with van der Waals surface area (Å²) in [7, 11) is -5.79. The van der Waals surface area contributed by atoms with Gasteiger partial charge in [0, 0.05) is 57.2 Å². The molecule has 1 fully saturated rings. The van der Waals surface area contributed by atoms with Gasteiger partial charge in [-0.1, -0.05) is 12.1 Å². The third-order valence-electron chi connectivity index (χ3n) is 6.67. The average Bonchev–Trinajstić information content (AvgIpc) is 3.01. The zero-order valence-electron chi connectivity index (χ0n) is 26.2. The van der Waals surface area contributed by atoms with Gasteiger partial charge in [-0.15, -0.1) is 5.11 Å². The minimum absolute atomic E-state index is 0. The number of hydrogen-bond acceptors (Lipinski definition) is 14. The van der Waals surface area contributed by atoms with Crippen LogP contribution in [0, 0.1) is 0 Å². The first-order valence-corrected chi connectivity index (χ1v) is 18.1. The minimum atomic E-state index is -4.98. The first kappa shape index (κ1) is 39.0. The molecule has 252 valence electrons. The smallest absolute Gasteiger partial charge is 0.744 e. The molecule has 0 aromatic heterocycles. The number of aromatic hydroxyl groups is 1. The van der Waals surface area contributed by atoms with Gasteiger partial charge in [-0.25, -0.2) is 16.8 Å². The number of sulfonamides is 1. The second kappa shape index (κ2) is 17.3. The number of fused-ring (bicyclic) bond motifs is 1. The fourth-order valence-electron chi connectivity index (χ4n) is 4.57. The van der Waals surface area contributed by atoms with Gasteiger partial charge >= 0.3 is 29.6 Å². The summed E-state index contributed by atoms with van der Waals surface area (Å²) in [5.74, 6) is -0.656. The van der Waals surface area contributed by atoms with E-state index in [1.807, 2.05) is 0 Å². The summed E-state index contributed by atoms with van der Waals surface area (Å²) in [6, 6.07) is 9.56. The second-order valence-corrected chi connectivity index (χ2v) is 14.2. The molecule has 2 N–H and O–H groups in total. The van der Waals surface area contributed by atoms with Crippen molar-refractivity contribution in [2.45, 2.75) is 4.90 Å². The molecule has 47 heavy (non-hydrogen) atoms. The molecule has 1 aliphatic rings. The first-order chi connectivity index (χ1) is 21.8. The topological polar surface area (TPSA) is 209 Å². The van der Waals surface area contributed by atoms with Crippen LogP contribution < -0.4 is 43.4 Å². The molecule has 20 heteroatoms. The Morgan fingerprint density at radius 1 is 1.04 bits per heavy atom. The Balaban J connectivity index is 0.00000600. The van der Waals surface area contributed by atoms with Crippen molar-refractivity contribution in [1.29, 1.82) is 0 Å². The van der Waals surface area contributed by atoms with Crippen LogP contribution in [0.15, 0.2) is 57.6 Å². The molecule has 0 saturated carbocycles. The molecule has 1 heterocycles. The molecule has 0 aliphatic carbocycles. The van der Waals surface area contributed by atoms with Crippen molar-refractivity contribution in [3.8, 4) is 11.5 Å². The molecule has 1 saturated heterocycles. The van der Waals surface area contributed by atoms with E-state index in [1.54, 1.807) is 4.90 Å². The molecule has 1 unspecified atom stereocenters. The van der Waals surface area contributed by atoms with Crippen molar-refractivity contribution in [3.63, 3.8) is 0 Å². The summed E-state index contributed by atoms with van der Waals surface area (Å²) >= 11 is -2.02. The molecule has 1 aliphatic heterocycles. The molecular formula is C27H34N5NaO11S3. The van der Waals surface area contributed by atoms with Crippen LogP contribution in [-0.2, 0) is 45.6 Å². The van der Waals surface area contributed by atoms with Crippen LogP contribution in [0.3, 0.4) is 0 Å². The van der Waals surface area contributed by atoms with E-state index in [0.29, 0.717) is 26.3 Å². The quantitative estimate of drug-likeness (QED) is 0.117. The number of azo groups is 1. The van der Waals surface area contributed by atoms with Gasteiger partial charge in [-0.05, 0) is 24.3 Å². The molecule has 0 radical (unpaired) electrons. The van der Waals surface area contributed by atoms with Gasteiger partial charge < -0.3 is 33.0 Å². The summed E-state index contributed by atoms with van der Waals surface area (Å²) in [5.41, 5.74) is 0.131. The Hall–Kier alpha value is -2.43. The largest absolute Gasteiger partial charge is 1.00 e. The third-order valence-corrected chi connectivity index (χ3v) is 9.24. The molecule has 3 aromatic rings. The number of morpholine rings is 1. The fourth-order valence-corrected chi connectivity index (χ4v) is 6.69. The number of phenolic OH excluding ortho intramolecular Hbond substituents is 1. The molecule has 3 aromatic carbocycles. The van der Waals surface area contributed by atoms with Gasteiger partial charge in [0.15, 0.2) is 11.5 Å². The zero-order valence-corrected chi connectivity index (χ0v) is 30.7. The SMILES string of the molecule is COCCN(CCOC)c1ccc(N=Nc2cc(OS(=O)N3CCOCC3)c(O)c3cccc(NS(C)(=O)=O)c23)cc1S(=O)(=O)[O-].[Na+]. The molecule has 0 spiro atoms. The monoisotopic (exact) mass is 723 g/mol. The van der Waals surface area contributed by atoms with Crippen LogP contribution in [0.2, 0.25) is 0 Å². The van der Waals surface area contributed by atoms with Crippen molar-refractivity contribution in [3.05, 3.63) is 42.5 Å². The number of nitrogens with zero attached hydrogens (tertiary/aromatic N) is 4. The summed E-state index contributed by atoms with van der Waals surface area (Å²) < 4.78 is 99.2. The summed E-state index contributed by atoms with van der Waals surface area (Å²) in [5, 5.41) is 19.7. The normalized spacial score (nSPS) is 15.0. The van der Waals surface area contributed by atoms with Crippen LogP contribution in [0.5, 0.6) is 11.5 Å². The third kappa shape index (κ3) is 10.5. The van der Waals surface area contributed by atoms with Gasteiger partial charge in [0.1, 0.15) is 10.1 Å². The zero-order chi connectivity index (χ0) is 33.5. The Labute approximate surface area is 297 Å². The summed E-state index contributed by atoms with van der Waals surface area (Å²) in [6.45, 7) is 2.38. The molecule has 16 nitrogen and oxygen atoms in total. The van der Waals surface area contributed by atoms with Crippen LogP contribution >= 0.6 is 0 Å². The van der Waals surface area contributed by atoms with E-state index in [2.05, 4.69) is 15.0 Å². The number of nitrogens with one attached hydrogen (secondary N) is 1.